The molecule has 0 aliphatic rings. The van der Waals surface area contributed by atoms with Crippen molar-refractivity contribution in [2.75, 3.05) is 11.9 Å². The van der Waals surface area contributed by atoms with Gasteiger partial charge in [0.1, 0.15) is 5.82 Å². The minimum atomic E-state index is -0.369. The van der Waals surface area contributed by atoms with Gasteiger partial charge in [0.15, 0.2) is 5.16 Å². The number of benzene rings is 1. The molecular weight excluding hydrogens is 260 g/mol. The Kier molecular flexibility index (Phi) is 4.21. The van der Waals surface area contributed by atoms with Gasteiger partial charge in [0.2, 0.25) is 5.91 Å². The SMILES string of the molecule is CCNc1nc(SC(C)C(N)=O)nc2ccccc12. The predicted molar refractivity (Wildman–Crippen MR) is 78.2 cm³/mol. The molecule has 1 aromatic heterocycles. The monoisotopic (exact) mass is 276 g/mol. The van der Waals surface area contributed by atoms with Crippen LogP contribution in [0.2, 0.25) is 0 Å². The van der Waals surface area contributed by atoms with Crippen LogP contribution < -0.4 is 11.1 Å². The Hall–Kier alpha value is -1.82. The van der Waals surface area contributed by atoms with E-state index >= 15 is 0 Å². The van der Waals surface area contributed by atoms with Crippen LogP contribution in [0.4, 0.5) is 5.82 Å². The van der Waals surface area contributed by atoms with Crippen molar-refractivity contribution in [3.05, 3.63) is 24.3 Å². The van der Waals surface area contributed by atoms with E-state index in [0.717, 1.165) is 23.3 Å². The molecule has 0 radical (unpaired) electrons. The first kappa shape index (κ1) is 13.6. The molecule has 0 bridgehead atoms. The molecule has 2 aromatic rings. The first-order chi connectivity index (χ1) is 9.11. The maximum Gasteiger partial charge on any atom is 0.230 e. The van der Waals surface area contributed by atoms with Crippen molar-refractivity contribution in [3.63, 3.8) is 0 Å². The van der Waals surface area contributed by atoms with E-state index < -0.39 is 0 Å². The summed E-state index contributed by atoms with van der Waals surface area (Å²) >= 11 is 1.27. The molecule has 1 aromatic carbocycles. The molecular formula is C13H16N4OS. The summed E-state index contributed by atoms with van der Waals surface area (Å²) in [5.74, 6) is 0.416. The van der Waals surface area contributed by atoms with Crippen LogP contribution in [0.25, 0.3) is 10.9 Å². The number of aromatic nitrogens is 2. The predicted octanol–water partition coefficient (Wildman–Crippen LogP) is 2.03. The summed E-state index contributed by atoms with van der Waals surface area (Å²) in [6.45, 7) is 4.53. The fraction of sp³-hybridized carbons (Fsp3) is 0.308. The molecule has 5 nitrogen and oxygen atoms in total. The summed E-state index contributed by atoms with van der Waals surface area (Å²) in [5.41, 5.74) is 6.12. The molecule has 0 aliphatic heterocycles. The molecule has 1 atom stereocenters. The van der Waals surface area contributed by atoms with Crippen LogP contribution in [0.1, 0.15) is 13.8 Å². The van der Waals surface area contributed by atoms with E-state index in [1.165, 1.54) is 11.8 Å². The van der Waals surface area contributed by atoms with E-state index in [4.69, 9.17) is 5.73 Å². The molecule has 0 spiro atoms. The van der Waals surface area contributed by atoms with Crippen molar-refractivity contribution in [1.82, 2.24) is 9.97 Å². The van der Waals surface area contributed by atoms with Gasteiger partial charge >= 0.3 is 0 Å². The Morgan fingerprint density at radius 3 is 2.84 bits per heavy atom. The molecule has 2 rings (SSSR count). The van der Waals surface area contributed by atoms with E-state index in [9.17, 15) is 4.79 Å². The number of nitrogens with two attached hydrogens (primary N) is 1. The van der Waals surface area contributed by atoms with Gasteiger partial charge in [-0.2, -0.15) is 0 Å². The number of amides is 1. The summed E-state index contributed by atoms with van der Waals surface area (Å²) in [4.78, 5) is 20.0. The maximum atomic E-state index is 11.1. The lowest BCUT2D eigenvalue weighted by molar-refractivity contribution is -0.117. The molecule has 1 heterocycles. The molecule has 0 fully saturated rings. The van der Waals surface area contributed by atoms with E-state index in [1.54, 1.807) is 6.92 Å². The molecule has 0 aliphatic carbocycles. The van der Waals surface area contributed by atoms with Crippen LogP contribution in [-0.2, 0) is 4.79 Å². The van der Waals surface area contributed by atoms with Crippen LogP contribution in [0.5, 0.6) is 0 Å². The van der Waals surface area contributed by atoms with Gasteiger partial charge in [-0.15, -0.1) is 0 Å². The van der Waals surface area contributed by atoms with Crippen LogP contribution in [0.15, 0.2) is 29.4 Å². The third-order valence-corrected chi connectivity index (χ3v) is 3.59. The third kappa shape index (κ3) is 3.14. The lowest BCUT2D eigenvalue weighted by Gasteiger charge is -2.10. The van der Waals surface area contributed by atoms with Crippen molar-refractivity contribution < 1.29 is 4.79 Å². The average molecular weight is 276 g/mol. The standard InChI is InChI=1S/C13H16N4OS/c1-3-15-12-9-6-4-5-7-10(9)16-13(17-12)19-8(2)11(14)18/h4-8H,3H2,1-2H3,(H2,14,18)(H,15,16,17). The smallest absolute Gasteiger partial charge is 0.230 e. The Balaban J connectivity index is 2.42. The normalized spacial score (nSPS) is 12.3. The number of nitrogens with one attached hydrogen (secondary N) is 1. The summed E-state index contributed by atoms with van der Waals surface area (Å²) in [6, 6.07) is 7.78. The number of nitrogens with zero attached hydrogens (tertiary/aromatic N) is 2. The number of hydrogen-bond donors (Lipinski definition) is 2. The highest BCUT2D eigenvalue weighted by molar-refractivity contribution is 8.00. The molecule has 19 heavy (non-hydrogen) atoms. The van der Waals surface area contributed by atoms with Crippen LogP contribution in [0.3, 0.4) is 0 Å². The van der Waals surface area contributed by atoms with Crippen LogP contribution in [0, 0.1) is 0 Å². The number of primary amides is 1. The van der Waals surface area contributed by atoms with Crippen LogP contribution in [-0.4, -0.2) is 27.7 Å². The van der Waals surface area contributed by atoms with Crippen molar-refractivity contribution in [1.29, 1.82) is 0 Å². The zero-order valence-corrected chi connectivity index (χ0v) is 11.7. The van der Waals surface area contributed by atoms with E-state index in [1.807, 2.05) is 31.2 Å². The van der Waals surface area contributed by atoms with Gasteiger partial charge in [0.25, 0.3) is 0 Å². The molecule has 1 amide bonds. The molecule has 0 saturated heterocycles. The lowest BCUT2D eigenvalue weighted by Crippen LogP contribution is -2.22. The number of carbonyl (C=O) groups is 1. The Morgan fingerprint density at radius 1 is 1.42 bits per heavy atom. The van der Waals surface area contributed by atoms with Gasteiger partial charge in [0.05, 0.1) is 10.8 Å². The Bertz CT molecular complexity index is 602. The molecule has 100 valence electrons. The number of fused-ring (bicyclic) bond motifs is 1. The van der Waals surface area contributed by atoms with E-state index in [-0.39, 0.29) is 11.2 Å². The molecule has 1 unspecified atom stereocenters. The molecule has 3 N–H and O–H groups in total. The quantitative estimate of drug-likeness (QED) is 0.645. The zero-order chi connectivity index (χ0) is 13.8. The topological polar surface area (TPSA) is 80.9 Å². The highest BCUT2D eigenvalue weighted by atomic mass is 32.2. The van der Waals surface area contributed by atoms with Gasteiger partial charge in [0, 0.05) is 11.9 Å². The highest BCUT2D eigenvalue weighted by Gasteiger charge is 2.14. The van der Waals surface area contributed by atoms with Gasteiger partial charge in [-0.25, -0.2) is 9.97 Å². The van der Waals surface area contributed by atoms with Crippen molar-refractivity contribution >= 4 is 34.4 Å². The Morgan fingerprint density at radius 2 is 2.16 bits per heavy atom. The van der Waals surface area contributed by atoms with Crippen LogP contribution >= 0.6 is 11.8 Å². The summed E-state index contributed by atoms with van der Waals surface area (Å²) < 4.78 is 0. The zero-order valence-electron chi connectivity index (χ0n) is 10.9. The minimum Gasteiger partial charge on any atom is -0.370 e. The van der Waals surface area contributed by atoms with Gasteiger partial charge in [-0.05, 0) is 26.0 Å². The lowest BCUT2D eigenvalue weighted by atomic mass is 10.2. The highest BCUT2D eigenvalue weighted by Crippen LogP contribution is 2.26. The second kappa shape index (κ2) is 5.88. The average Bonchev–Trinajstić information content (AvgIpc) is 2.39. The number of anilines is 1. The fourth-order valence-corrected chi connectivity index (χ4v) is 2.35. The second-order valence-electron chi connectivity index (χ2n) is 4.06. The van der Waals surface area contributed by atoms with Crippen molar-refractivity contribution in [2.45, 2.75) is 24.3 Å². The van der Waals surface area contributed by atoms with Gasteiger partial charge in [-0.1, -0.05) is 23.9 Å². The number of para-hydroxylation sites is 1. The summed E-state index contributed by atoms with van der Waals surface area (Å²) in [5, 5.41) is 4.39. The van der Waals surface area contributed by atoms with Crippen molar-refractivity contribution in [3.8, 4) is 0 Å². The van der Waals surface area contributed by atoms with Gasteiger partial charge < -0.3 is 11.1 Å². The summed E-state index contributed by atoms with van der Waals surface area (Å²) in [7, 11) is 0. The van der Waals surface area contributed by atoms with Crippen molar-refractivity contribution in [2.24, 2.45) is 5.73 Å². The largest absolute Gasteiger partial charge is 0.370 e. The second-order valence-corrected chi connectivity index (χ2v) is 5.37. The third-order valence-electron chi connectivity index (χ3n) is 2.61. The number of carbonyl (C=O) groups excluding carboxylic acids is 1. The number of rotatable bonds is 5. The first-order valence-electron chi connectivity index (χ1n) is 6.08. The van der Waals surface area contributed by atoms with E-state index in [2.05, 4.69) is 15.3 Å². The summed E-state index contributed by atoms with van der Waals surface area (Å²) in [6.07, 6.45) is 0. The minimum absolute atomic E-state index is 0.351. The Labute approximate surface area is 116 Å². The maximum absolute atomic E-state index is 11.1. The molecule has 6 heteroatoms. The number of hydrogen-bond acceptors (Lipinski definition) is 5. The van der Waals surface area contributed by atoms with E-state index in [0.29, 0.717) is 5.16 Å². The van der Waals surface area contributed by atoms with Gasteiger partial charge in [-0.3, -0.25) is 4.79 Å². The fourth-order valence-electron chi connectivity index (χ4n) is 1.63. The first-order valence-corrected chi connectivity index (χ1v) is 6.96. The number of thioether (sulfide) groups is 1. The molecule has 0 saturated carbocycles.